The molecule has 1 saturated heterocycles. The predicted octanol–water partition coefficient (Wildman–Crippen LogP) is 2.77. The van der Waals surface area contributed by atoms with Crippen LogP contribution in [0.4, 0.5) is 4.39 Å². The topological polar surface area (TPSA) is 50.4 Å². The van der Waals surface area contributed by atoms with E-state index in [4.69, 9.17) is 4.74 Å². The lowest BCUT2D eigenvalue weighted by atomic mass is 9.84. The molecule has 0 saturated carbocycles. The zero-order chi connectivity index (χ0) is 15.8. The van der Waals surface area contributed by atoms with E-state index in [1.54, 1.807) is 12.1 Å². The van der Waals surface area contributed by atoms with Crippen LogP contribution in [0.1, 0.15) is 26.2 Å². The first-order chi connectivity index (χ1) is 10.6. The Morgan fingerprint density at radius 1 is 1.43 bits per heavy atom. The maximum Gasteiger partial charge on any atom is 0.220 e. The standard InChI is InChI=1S/C17H25FN2O2.ClH/c1-13(14-5-7-19-8-6-14)11-17(21)20-9-10-22-16-4-2-3-15(18)12-16;/h2-4,12-14,19H,5-11H2,1H3,(H,20,21);1H. The molecule has 6 heteroatoms. The van der Waals surface area contributed by atoms with Gasteiger partial charge in [-0.1, -0.05) is 13.0 Å². The first kappa shape index (κ1) is 19.7. The van der Waals surface area contributed by atoms with Gasteiger partial charge in [0.2, 0.25) is 5.91 Å². The highest BCUT2D eigenvalue weighted by Crippen LogP contribution is 2.24. The first-order valence-electron chi connectivity index (χ1n) is 8.01. The summed E-state index contributed by atoms with van der Waals surface area (Å²) in [6.45, 7) is 5.04. The molecule has 130 valence electrons. The monoisotopic (exact) mass is 344 g/mol. The van der Waals surface area contributed by atoms with Gasteiger partial charge in [-0.15, -0.1) is 12.4 Å². The summed E-state index contributed by atoms with van der Waals surface area (Å²) >= 11 is 0. The van der Waals surface area contributed by atoms with Gasteiger partial charge >= 0.3 is 0 Å². The van der Waals surface area contributed by atoms with Crippen LogP contribution in [0.15, 0.2) is 24.3 Å². The van der Waals surface area contributed by atoms with Crippen molar-refractivity contribution in [2.75, 3.05) is 26.2 Å². The normalized spacial score (nSPS) is 16.3. The molecule has 0 aromatic heterocycles. The number of nitrogens with one attached hydrogen (secondary N) is 2. The van der Waals surface area contributed by atoms with Crippen molar-refractivity contribution in [3.63, 3.8) is 0 Å². The van der Waals surface area contributed by atoms with Crippen molar-refractivity contribution in [2.24, 2.45) is 11.8 Å². The van der Waals surface area contributed by atoms with Crippen LogP contribution in [0, 0.1) is 17.7 Å². The van der Waals surface area contributed by atoms with Crippen molar-refractivity contribution in [2.45, 2.75) is 26.2 Å². The Morgan fingerprint density at radius 3 is 2.87 bits per heavy atom. The van der Waals surface area contributed by atoms with Crippen molar-refractivity contribution in [1.82, 2.24) is 10.6 Å². The lowest BCUT2D eigenvalue weighted by Crippen LogP contribution is -2.34. The smallest absolute Gasteiger partial charge is 0.220 e. The van der Waals surface area contributed by atoms with E-state index in [1.165, 1.54) is 12.1 Å². The van der Waals surface area contributed by atoms with Crippen molar-refractivity contribution in [1.29, 1.82) is 0 Å². The average Bonchev–Trinajstić information content (AvgIpc) is 2.52. The molecule has 1 heterocycles. The first-order valence-corrected chi connectivity index (χ1v) is 8.01. The molecule has 1 aromatic rings. The minimum atomic E-state index is -0.322. The van der Waals surface area contributed by atoms with Gasteiger partial charge in [-0.2, -0.15) is 0 Å². The lowest BCUT2D eigenvalue weighted by molar-refractivity contribution is -0.122. The molecule has 0 bridgehead atoms. The number of halogens is 2. The molecular formula is C17H26ClFN2O2. The highest BCUT2D eigenvalue weighted by atomic mass is 35.5. The molecule has 1 atom stereocenters. The van der Waals surface area contributed by atoms with Crippen LogP contribution in [0.3, 0.4) is 0 Å². The molecule has 0 radical (unpaired) electrons. The van der Waals surface area contributed by atoms with Crippen LogP contribution >= 0.6 is 12.4 Å². The largest absolute Gasteiger partial charge is 0.492 e. The van der Waals surface area contributed by atoms with E-state index < -0.39 is 0 Å². The Kier molecular flexibility index (Phi) is 8.95. The number of carbonyl (C=O) groups is 1. The summed E-state index contributed by atoms with van der Waals surface area (Å²) in [7, 11) is 0. The highest BCUT2D eigenvalue weighted by Gasteiger charge is 2.21. The summed E-state index contributed by atoms with van der Waals surface area (Å²) in [5.74, 6) is 1.27. The summed E-state index contributed by atoms with van der Waals surface area (Å²) in [5.41, 5.74) is 0. The van der Waals surface area contributed by atoms with E-state index in [0.717, 1.165) is 25.9 Å². The predicted molar refractivity (Wildman–Crippen MR) is 91.5 cm³/mol. The van der Waals surface area contributed by atoms with Crippen LogP contribution in [0.2, 0.25) is 0 Å². The number of rotatable bonds is 7. The zero-order valence-corrected chi connectivity index (χ0v) is 14.3. The van der Waals surface area contributed by atoms with Crippen LogP contribution in [0.25, 0.3) is 0 Å². The molecule has 1 amide bonds. The van der Waals surface area contributed by atoms with E-state index in [1.807, 2.05) is 0 Å². The van der Waals surface area contributed by atoms with Gasteiger partial charge in [0.1, 0.15) is 18.2 Å². The summed E-state index contributed by atoms with van der Waals surface area (Å²) in [6.07, 6.45) is 2.86. The fourth-order valence-corrected chi connectivity index (χ4v) is 2.86. The second-order valence-corrected chi connectivity index (χ2v) is 5.92. The van der Waals surface area contributed by atoms with Crippen LogP contribution in [-0.2, 0) is 4.79 Å². The van der Waals surface area contributed by atoms with E-state index in [2.05, 4.69) is 17.6 Å². The van der Waals surface area contributed by atoms with Crippen molar-refractivity contribution >= 4 is 18.3 Å². The van der Waals surface area contributed by atoms with E-state index in [-0.39, 0.29) is 24.1 Å². The number of hydrogen-bond acceptors (Lipinski definition) is 3. The fourth-order valence-electron chi connectivity index (χ4n) is 2.86. The molecule has 2 N–H and O–H groups in total. The SMILES string of the molecule is CC(CC(=O)NCCOc1cccc(F)c1)C1CCNCC1.Cl. The van der Waals surface area contributed by atoms with Gasteiger partial charge in [0, 0.05) is 12.5 Å². The summed E-state index contributed by atoms with van der Waals surface area (Å²) in [6, 6.07) is 6.01. The molecule has 1 aliphatic heterocycles. The van der Waals surface area contributed by atoms with E-state index >= 15 is 0 Å². The molecule has 1 fully saturated rings. The fraction of sp³-hybridized carbons (Fsp3) is 0.588. The maximum absolute atomic E-state index is 13.0. The lowest BCUT2D eigenvalue weighted by Gasteiger charge is -2.27. The van der Waals surface area contributed by atoms with Crippen molar-refractivity contribution < 1.29 is 13.9 Å². The maximum atomic E-state index is 13.0. The minimum absolute atomic E-state index is 0. The van der Waals surface area contributed by atoms with Gasteiger partial charge in [-0.3, -0.25) is 4.79 Å². The van der Waals surface area contributed by atoms with Crippen molar-refractivity contribution in [3.8, 4) is 5.75 Å². The van der Waals surface area contributed by atoms with Crippen LogP contribution in [-0.4, -0.2) is 32.1 Å². The van der Waals surface area contributed by atoms with Gasteiger partial charge < -0.3 is 15.4 Å². The minimum Gasteiger partial charge on any atom is -0.492 e. The number of amides is 1. The number of carbonyl (C=O) groups excluding carboxylic acids is 1. The quantitative estimate of drug-likeness (QED) is 0.748. The molecule has 2 rings (SSSR count). The number of ether oxygens (including phenoxy) is 1. The Morgan fingerprint density at radius 2 is 2.17 bits per heavy atom. The molecule has 0 aliphatic carbocycles. The Bertz CT molecular complexity index is 481. The van der Waals surface area contributed by atoms with Gasteiger partial charge in [-0.05, 0) is 49.9 Å². The van der Waals surface area contributed by atoms with Gasteiger partial charge in [-0.25, -0.2) is 4.39 Å². The van der Waals surface area contributed by atoms with Crippen molar-refractivity contribution in [3.05, 3.63) is 30.1 Å². The molecule has 0 spiro atoms. The second-order valence-electron chi connectivity index (χ2n) is 5.92. The van der Waals surface area contributed by atoms with E-state index in [9.17, 15) is 9.18 Å². The molecule has 1 aromatic carbocycles. The van der Waals surface area contributed by atoms with Crippen LogP contribution in [0.5, 0.6) is 5.75 Å². The molecule has 4 nitrogen and oxygen atoms in total. The average molecular weight is 345 g/mol. The third kappa shape index (κ3) is 7.18. The Labute approximate surface area is 143 Å². The summed E-state index contributed by atoms with van der Waals surface area (Å²) < 4.78 is 18.4. The molecule has 1 aliphatic rings. The Hall–Kier alpha value is -1.33. The van der Waals surface area contributed by atoms with E-state index in [0.29, 0.717) is 37.2 Å². The second kappa shape index (κ2) is 10.4. The third-order valence-electron chi connectivity index (χ3n) is 4.18. The number of hydrogen-bond donors (Lipinski definition) is 2. The third-order valence-corrected chi connectivity index (χ3v) is 4.18. The summed E-state index contributed by atoms with van der Waals surface area (Å²) in [4.78, 5) is 11.9. The Balaban J connectivity index is 0.00000264. The summed E-state index contributed by atoms with van der Waals surface area (Å²) in [5, 5.41) is 6.20. The molecule has 1 unspecified atom stereocenters. The number of benzene rings is 1. The van der Waals surface area contributed by atoms with Gasteiger partial charge in [0.25, 0.3) is 0 Å². The molecular weight excluding hydrogens is 319 g/mol. The zero-order valence-electron chi connectivity index (χ0n) is 13.5. The van der Waals surface area contributed by atoms with Gasteiger partial charge in [0.05, 0.1) is 6.54 Å². The van der Waals surface area contributed by atoms with Crippen LogP contribution < -0.4 is 15.4 Å². The highest BCUT2D eigenvalue weighted by molar-refractivity contribution is 5.85. The van der Waals surface area contributed by atoms with Gasteiger partial charge in [0.15, 0.2) is 0 Å². The number of piperidine rings is 1. The molecule has 23 heavy (non-hydrogen) atoms.